The Balaban J connectivity index is 1.31. The fraction of sp³-hybridized carbons (Fsp3) is 0.250. The number of carboxylic acid groups (broad SMARTS) is 2. The molecule has 43 heavy (non-hydrogen) atoms. The van der Waals surface area contributed by atoms with Crippen LogP contribution < -0.4 is 26.0 Å². The third-order valence-electron chi connectivity index (χ3n) is 6.17. The average molecular weight is 665 g/mol. The highest BCUT2D eigenvalue weighted by Crippen LogP contribution is 2.40. The number of oxime groups is 1. The summed E-state index contributed by atoms with van der Waals surface area (Å²) in [5, 5.41) is 32.4. The Kier molecular flexibility index (Phi) is 8.81. The minimum absolute atomic E-state index is 0.0112. The van der Waals surface area contributed by atoms with Crippen molar-refractivity contribution in [3.63, 3.8) is 0 Å². The van der Waals surface area contributed by atoms with Gasteiger partial charge in [0.15, 0.2) is 34.9 Å². The van der Waals surface area contributed by atoms with Gasteiger partial charge < -0.3 is 36.2 Å². The van der Waals surface area contributed by atoms with Crippen LogP contribution >= 0.6 is 46.0 Å². The number of hydrogen-bond donors (Lipinski definition) is 4. The zero-order valence-electron chi connectivity index (χ0n) is 21.9. The van der Waals surface area contributed by atoms with Gasteiger partial charge in [0.1, 0.15) is 21.4 Å². The van der Waals surface area contributed by atoms with E-state index in [1.165, 1.54) is 30.0 Å². The molecule has 224 valence electrons. The van der Waals surface area contributed by atoms with Crippen LogP contribution in [0.1, 0.15) is 12.6 Å². The number of thioether (sulfide) groups is 1. The first-order chi connectivity index (χ1) is 20.5. The molecule has 0 radical (unpaired) electrons. The molecule has 5 rings (SSSR count). The largest absolute Gasteiger partial charge is 0.543 e. The Labute approximate surface area is 260 Å². The minimum atomic E-state index is -1.52. The number of halogens is 1. The molecule has 2 amide bonds. The van der Waals surface area contributed by atoms with Gasteiger partial charge in [0.2, 0.25) is 6.10 Å². The number of carbonyl (C=O) groups is 4. The van der Waals surface area contributed by atoms with Gasteiger partial charge in [-0.05, 0) is 6.92 Å². The molecule has 3 atom stereocenters. The maximum atomic E-state index is 13.2. The summed E-state index contributed by atoms with van der Waals surface area (Å²) in [5.41, 5.74) is 5.99. The number of nitrogens with two attached hydrogens (primary N) is 1. The smallest absolute Gasteiger partial charge is 0.347 e. The number of thiazole rings is 2. The quantitative estimate of drug-likeness (QED) is 0.0933. The van der Waals surface area contributed by atoms with E-state index in [9.17, 15) is 24.3 Å². The number of anilines is 3. The lowest BCUT2D eigenvalue weighted by molar-refractivity contribution is -0.689. The van der Waals surface area contributed by atoms with Gasteiger partial charge in [0.05, 0.1) is 17.4 Å². The summed E-state index contributed by atoms with van der Waals surface area (Å²) >= 11 is 9.70. The second-order valence-electron chi connectivity index (χ2n) is 9.02. The number of nitrogens with zero attached hydrogens (tertiary/aromatic N) is 5. The van der Waals surface area contributed by atoms with Crippen LogP contribution in [0.2, 0.25) is 4.34 Å². The second kappa shape index (κ2) is 12.5. The number of aromatic nitrogens is 3. The number of carbonyl (C=O) groups excluding carboxylic acids is 3. The van der Waals surface area contributed by atoms with E-state index in [-0.39, 0.29) is 33.2 Å². The van der Waals surface area contributed by atoms with E-state index in [0.29, 0.717) is 5.57 Å². The lowest BCUT2D eigenvalue weighted by Crippen LogP contribution is -2.71. The van der Waals surface area contributed by atoms with Crippen molar-refractivity contribution < 1.29 is 38.8 Å². The number of fused-ring (bicyclic) bond motifs is 1. The number of carboxylic acids is 2. The van der Waals surface area contributed by atoms with E-state index in [1.54, 1.807) is 23.2 Å². The van der Waals surface area contributed by atoms with Crippen LogP contribution in [0.5, 0.6) is 0 Å². The van der Waals surface area contributed by atoms with E-state index < -0.39 is 47.0 Å². The summed E-state index contributed by atoms with van der Waals surface area (Å²) in [6.07, 6.45) is 3.79. The second-order valence-corrected chi connectivity index (χ2v) is 12.7. The van der Waals surface area contributed by atoms with Crippen molar-refractivity contribution in [2.24, 2.45) is 5.16 Å². The zero-order valence-corrected chi connectivity index (χ0v) is 25.1. The van der Waals surface area contributed by atoms with Gasteiger partial charge in [-0.25, -0.2) is 19.3 Å². The number of nitrogen functional groups attached to an aromatic ring is 1. The molecule has 0 aliphatic carbocycles. The molecule has 5 N–H and O–H groups in total. The summed E-state index contributed by atoms with van der Waals surface area (Å²) in [6.45, 7) is 1.38. The van der Waals surface area contributed by atoms with Gasteiger partial charge in [-0.1, -0.05) is 28.1 Å². The molecule has 1 saturated heterocycles. The molecule has 0 spiro atoms. The van der Waals surface area contributed by atoms with Crippen LogP contribution in [-0.4, -0.2) is 72.7 Å². The van der Waals surface area contributed by atoms with Gasteiger partial charge in [0.25, 0.3) is 11.8 Å². The third kappa shape index (κ3) is 6.41. The lowest BCUT2D eigenvalue weighted by atomic mass is 10.0. The molecule has 15 nitrogen and oxygen atoms in total. The number of aliphatic carboxylic acids is 2. The molecule has 2 aliphatic heterocycles. The van der Waals surface area contributed by atoms with E-state index in [2.05, 4.69) is 25.8 Å². The highest BCUT2D eigenvalue weighted by molar-refractivity contribution is 8.00. The Hall–Kier alpha value is -4.26. The summed E-state index contributed by atoms with van der Waals surface area (Å²) < 4.78 is 1.75. The third-order valence-corrected chi connectivity index (χ3v) is 9.28. The number of pyridine rings is 1. The summed E-state index contributed by atoms with van der Waals surface area (Å²) in [5.74, 6) is -4.25. The van der Waals surface area contributed by atoms with E-state index in [4.69, 9.17) is 27.3 Å². The predicted octanol–water partition coefficient (Wildman–Crippen LogP) is 0.164. The molecular weight excluding hydrogens is 644 g/mol. The molecule has 19 heteroatoms. The van der Waals surface area contributed by atoms with Crippen LogP contribution in [0.25, 0.3) is 0 Å². The molecule has 3 aromatic heterocycles. The molecule has 1 fully saturated rings. The number of amides is 2. The first-order valence-corrected chi connectivity index (χ1v) is 15.4. The van der Waals surface area contributed by atoms with Crippen LogP contribution in [0.4, 0.5) is 16.0 Å². The van der Waals surface area contributed by atoms with Crippen molar-refractivity contribution >= 4 is 91.5 Å². The monoisotopic (exact) mass is 664 g/mol. The van der Waals surface area contributed by atoms with E-state index in [1.807, 2.05) is 17.5 Å². The maximum absolute atomic E-state index is 13.2. The molecule has 0 aromatic carbocycles. The number of nitrogens with one attached hydrogen (secondary N) is 2. The van der Waals surface area contributed by atoms with Gasteiger partial charge in [-0.3, -0.25) is 14.5 Å². The first kappa shape index (κ1) is 30.2. The van der Waals surface area contributed by atoms with Crippen LogP contribution in [0, 0.1) is 0 Å². The van der Waals surface area contributed by atoms with Crippen LogP contribution in [0.3, 0.4) is 0 Å². The Bertz CT molecular complexity index is 1640. The van der Waals surface area contributed by atoms with Gasteiger partial charge in [-0.15, -0.1) is 23.1 Å². The minimum Gasteiger partial charge on any atom is -0.543 e. The molecule has 5 heterocycles. The first-order valence-electron chi connectivity index (χ1n) is 12.3. The molecule has 3 aromatic rings. The fourth-order valence-electron chi connectivity index (χ4n) is 4.11. The highest BCUT2D eigenvalue weighted by Gasteiger charge is 2.53. The number of hydrogen-bond acceptors (Lipinski definition) is 14. The van der Waals surface area contributed by atoms with E-state index >= 15 is 0 Å². The molecule has 2 aliphatic rings. The van der Waals surface area contributed by atoms with Crippen LogP contribution in [0.15, 0.2) is 52.5 Å². The van der Waals surface area contributed by atoms with E-state index in [0.717, 1.165) is 27.1 Å². The van der Waals surface area contributed by atoms with Crippen molar-refractivity contribution in [2.75, 3.05) is 16.8 Å². The highest BCUT2D eigenvalue weighted by atomic mass is 35.5. The standard InChI is InChI=1S/C24H21ClN8O7S3/c1-10(21(36)37)40-31-14(13-17(25)43-23(26)30-13)18(34)29-15-19(35)33-16(22(38)39)11(9-42-20(15)33)8-32-5-2-12(3-6-32)28-24-27-4-7-41-24/h2-7,10,15,20H,8-9H2,1H3,(H5,26,29,30,34,36,37,38,39)/b31-14-/t10-,15?,20?/m0/s1. The SMILES string of the molecule is C[C@H](O/N=C(\C(=O)NC1C(=O)N2C(C(=O)[O-])=C(C[n+]3ccc(Nc4nccs4)cc3)CSC12)c1nc(N)sc1Cl)C(=O)O. The molecule has 0 saturated carbocycles. The summed E-state index contributed by atoms with van der Waals surface area (Å²) in [4.78, 5) is 63.9. The average Bonchev–Trinajstić information content (AvgIpc) is 3.60. The van der Waals surface area contributed by atoms with Crippen LogP contribution in [-0.2, 0) is 30.6 Å². The van der Waals surface area contributed by atoms with Gasteiger partial charge >= 0.3 is 5.97 Å². The fourth-order valence-corrected chi connectivity index (χ4v) is 6.92. The van der Waals surface area contributed by atoms with Gasteiger partial charge in [0, 0.05) is 35.0 Å². The van der Waals surface area contributed by atoms with Crippen molar-refractivity contribution in [3.8, 4) is 0 Å². The molecule has 0 bridgehead atoms. The zero-order chi connectivity index (χ0) is 30.8. The Morgan fingerprint density at radius 2 is 2.12 bits per heavy atom. The lowest BCUT2D eigenvalue weighted by Gasteiger charge is -2.50. The van der Waals surface area contributed by atoms with Gasteiger partial charge in [-0.2, -0.15) is 0 Å². The van der Waals surface area contributed by atoms with Crippen molar-refractivity contribution in [3.05, 3.63) is 57.4 Å². The number of rotatable bonds is 11. The molecule has 2 unspecified atom stereocenters. The predicted molar refractivity (Wildman–Crippen MR) is 155 cm³/mol. The summed E-state index contributed by atoms with van der Waals surface area (Å²) in [7, 11) is 0. The topological polar surface area (TPSA) is 216 Å². The Morgan fingerprint density at radius 3 is 2.72 bits per heavy atom. The maximum Gasteiger partial charge on any atom is 0.347 e. The van der Waals surface area contributed by atoms with Crippen molar-refractivity contribution in [2.45, 2.75) is 31.0 Å². The van der Waals surface area contributed by atoms with Crippen molar-refractivity contribution in [1.29, 1.82) is 0 Å². The number of β-lactam (4-membered cyclic amide) rings is 1. The van der Waals surface area contributed by atoms with Crippen molar-refractivity contribution in [1.82, 2.24) is 20.2 Å². The molecular formula is C24H21ClN8O7S3. The summed E-state index contributed by atoms with van der Waals surface area (Å²) in [6, 6.07) is 2.48. The Morgan fingerprint density at radius 1 is 1.37 bits per heavy atom. The normalized spacial score (nSPS) is 18.9.